The molecule has 0 unspecified atom stereocenters. The molecular formula is C16H14N4. The van der Waals surface area contributed by atoms with Crippen LogP contribution in [0, 0.1) is 6.92 Å². The van der Waals surface area contributed by atoms with Gasteiger partial charge in [-0.15, -0.1) is 10.2 Å². The van der Waals surface area contributed by atoms with Crippen molar-refractivity contribution in [2.45, 2.75) is 13.0 Å². The number of aromatic nitrogens is 3. The summed E-state index contributed by atoms with van der Waals surface area (Å²) in [7, 11) is 0. The van der Waals surface area contributed by atoms with Gasteiger partial charge in [-0.25, -0.2) is 0 Å². The van der Waals surface area contributed by atoms with Crippen LogP contribution in [0.15, 0.2) is 54.6 Å². The van der Waals surface area contributed by atoms with Gasteiger partial charge < -0.3 is 5.32 Å². The molecule has 0 aliphatic carbocycles. The van der Waals surface area contributed by atoms with Crippen LogP contribution < -0.4 is 5.32 Å². The van der Waals surface area contributed by atoms with Gasteiger partial charge in [-0.1, -0.05) is 48.5 Å². The number of benzene rings is 2. The first-order valence-corrected chi connectivity index (χ1v) is 6.67. The lowest BCUT2D eigenvalue weighted by Gasteiger charge is -2.29. The highest BCUT2D eigenvalue weighted by atomic mass is 15.4. The smallest absolute Gasteiger partial charge is 0.229 e. The summed E-state index contributed by atoms with van der Waals surface area (Å²) in [5, 5.41) is 11.8. The maximum absolute atomic E-state index is 4.23. The molecule has 0 radical (unpaired) electrons. The second kappa shape index (κ2) is 4.20. The minimum Gasteiger partial charge on any atom is -0.324 e. The van der Waals surface area contributed by atoms with Crippen LogP contribution in [0.4, 0.5) is 11.6 Å². The van der Waals surface area contributed by atoms with Crippen LogP contribution in [0.5, 0.6) is 0 Å². The van der Waals surface area contributed by atoms with Crippen molar-refractivity contribution < 1.29 is 0 Å². The predicted molar refractivity (Wildman–Crippen MR) is 78.2 cm³/mol. The van der Waals surface area contributed by atoms with Crippen molar-refractivity contribution in [1.29, 1.82) is 0 Å². The molecule has 0 saturated heterocycles. The van der Waals surface area contributed by atoms with E-state index in [9.17, 15) is 0 Å². The van der Waals surface area contributed by atoms with Crippen molar-refractivity contribution in [3.8, 4) is 0 Å². The Morgan fingerprint density at radius 2 is 1.70 bits per heavy atom. The highest BCUT2D eigenvalue weighted by Gasteiger charge is 2.28. The zero-order valence-electron chi connectivity index (χ0n) is 11.1. The molecule has 1 N–H and O–H groups in total. The third-order valence-electron chi connectivity index (χ3n) is 3.74. The molecule has 2 aromatic carbocycles. The van der Waals surface area contributed by atoms with E-state index >= 15 is 0 Å². The number of aryl methyl sites for hydroxylation is 1. The molecule has 98 valence electrons. The van der Waals surface area contributed by atoms with Gasteiger partial charge in [0.15, 0.2) is 0 Å². The van der Waals surface area contributed by atoms with E-state index < -0.39 is 0 Å². The van der Waals surface area contributed by atoms with E-state index in [0.29, 0.717) is 0 Å². The molecular weight excluding hydrogens is 248 g/mol. The highest BCUT2D eigenvalue weighted by molar-refractivity contribution is 5.65. The van der Waals surface area contributed by atoms with E-state index in [4.69, 9.17) is 0 Å². The van der Waals surface area contributed by atoms with Gasteiger partial charge in [-0.05, 0) is 18.6 Å². The molecule has 1 aliphatic heterocycles. The Bertz CT molecular complexity index is 761. The number of nitrogens with zero attached hydrogens (tertiary/aromatic N) is 3. The molecule has 3 aromatic rings. The number of hydrogen-bond donors (Lipinski definition) is 1. The van der Waals surface area contributed by atoms with Crippen molar-refractivity contribution in [3.05, 3.63) is 71.5 Å². The Hall–Kier alpha value is -2.62. The fraction of sp³-hybridized carbons (Fsp3) is 0.125. The molecule has 0 spiro atoms. The van der Waals surface area contributed by atoms with Crippen LogP contribution in [0.25, 0.3) is 0 Å². The van der Waals surface area contributed by atoms with Gasteiger partial charge in [-0.2, -0.15) is 0 Å². The molecule has 0 saturated carbocycles. The second-order valence-corrected chi connectivity index (χ2v) is 4.97. The van der Waals surface area contributed by atoms with Crippen molar-refractivity contribution in [2.24, 2.45) is 0 Å². The Morgan fingerprint density at radius 3 is 2.55 bits per heavy atom. The van der Waals surface area contributed by atoms with Crippen LogP contribution >= 0.6 is 0 Å². The van der Waals surface area contributed by atoms with Crippen molar-refractivity contribution in [2.75, 3.05) is 5.32 Å². The first kappa shape index (κ1) is 11.2. The fourth-order valence-corrected chi connectivity index (χ4v) is 2.84. The first-order valence-electron chi connectivity index (χ1n) is 6.67. The average molecular weight is 262 g/mol. The molecule has 2 heterocycles. The molecule has 1 aliphatic rings. The predicted octanol–water partition coefficient (Wildman–Crippen LogP) is 3.28. The largest absolute Gasteiger partial charge is 0.324 e. The van der Waals surface area contributed by atoms with E-state index in [1.165, 1.54) is 11.1 Å². The lowest BCUT2D eigenvalue weighted by Crippen LogP contribution is -2.21. The van der Waals surface area contributed by atoms with Gasteiger partial charge in [-0.3, -0.25) is 4.57 Å². The maximum atomic E-state index is 4.23. The quantitative estimate of drug-likeness (QED) is 0.572. The fourth-order valence-electron chi connectivity index (χ4n) is 2.84. The zero-order chi connectivity index (χ0) is 13.5. The van der Waals surface area contributed by atoms with Crippen LogP contribution in [0.1, 0.15) is 23.0 Å². The third kappa shape index (κ3) is 1.54. The summed E-state index contributed by atoms with van der Waals surface area (Å²) >= 11 is 0. The molecule has 4 rings (SSSR count). The van der Waals surface area contributed by atoms with Gasteiger partial charge >= 0.3 is 0 Å². The van der Waals surface area contributed by atoms with Crippen molar-refractivity contribution >= 4 is 11.6 Å². The Labute approximate surface area is 117 Å². The maximum Gasteiger partial charge on any atom is 0.229 e. The van der Waals surface area contributed by atoms with Gasteiger partial charge in [0.25, 0.3) is 0 Å². The summed E-state index contributed by atoms with van der Waals surface area (Å²) in [5.41, 5.74) is 3.58. The Kier molecular flexibility index (Phi) is 2.36. The summed E-state index contributed by atoms with van der Waals surface area (Å²) in [4.78, 5) is 0. The average Bonchev–Trinajstić information content (AvgIpc) is 2.87. The lowest BCUT2D eigenvalue weighted by atomic mass is 9.95. The Morgan fingerprint density at radius 1 is 0.950 bits per heavy atom. The number of nitrogens with one attached hydrogen (secondary N) is 1. The second-order valence-electron chi connectivity index (χ2n) is 4.97. The number of rotatable bonds is 1. The number of anilines is 2. The third-order valence-corrected chi connectivity index (χ3v) is 3.74. The van der Waals surface area contributed by atoms with E-state index in [1.807, 2.05) is 19.1 Å². The zero-order valence-corrected chi connectivity index (χ0v) is 11.1. The highest BCUT2D eigenvalue weighted by Crippen LogP contribution is 2.39. The summed E-state index contributed by atoms with van der Waals surface area (Å²) in [6.45, 7) is 1.99. The molecule has 4 nitrogen and oxygen atoms in total. The standard InChI is InChI=1S/C16H14N4/c1-11-18-19-16-17-14-10-6-5-9-13(14)15(20(11)16)12-7-3-2-4-8-12/h2-10,15H,1H3,(H,17,19)/t15-/m1/s1. The molecule has 4 heteroatoms. The van der Waals surface area contributed by atoms with Crippen LogP contribution in [0.2, 0.25) is 0 Å². The summed E-state index contributed by atoms with van der Waals surface area (Å²) in [6, 6.07) is 18.9. The SMILES string of the molecule is Cc1nnc2n1[C@H](c1ccccc1)c1ccccc1N2. The van der Waals surface area contributed by atoms with Crippen molar-refractivity contribution in [1.82, 2.24) is 14.8 Å². The van der Waals surface area contributed by atoms with Crippen molar-refractivity contribution in [3.63, 3.8) is 0 Å². The number of fused-ring (bicyclic) bond motifs is 2. The van der Waals surface area contributed by atoms with Gasteiger partial charge in [0, 0.05) is 11.3 Å². The summed E-state index contributed by atoms with van der Waals surface area (Å²) in [5.74, 6) is 1.71. The number of hydrogen-bond acceptors (Lipinski definition) is 3. The minimum absolute atomic E-state index is 0.124. The van der Waals surface area contributed by atoms with Gasteiger partial charge in [0.05, 0.1) is 6.04 Å². The van der Waals surface area contributed by atoms with E-state index in [-0.39, 0.29) is 6.04 Å². The summed E-state index contributed by atoms with van der Waals surface area (Å²) < 4.78 is 2.15. The van der Waals surface area contributed by atoms with E-state index in [0.717, 1.165) is 17.5 Å². The molecule has 1 aromatic heterocycles. The lowest BCUT2D eigenvalue weighted by molar-refractivity contribution is 0.651. The van der Waals surface area contributed by atoms with E-state index in [2.05, 4.69) is 62.5 Å². The normalized spacial score (nSPS) is 16.1. The monoisotopic (exact) mass is 262 g/mol. The first-order chi connectivity index (χ1) is 9.84. The van der Waals surface area contributed by atoms with Crippen LogP contribution in [-0.2, 0) is 0 Å². The minimum atomic E-state index is 0.124. The molecule has 0 bridgehead atoms. The van der Waals surface area contributed by atoms with Gasteiger partial charge in [0.1, 0.15) is 5.82 Å². The van der Waals surface area contributed by atoms with Gasteiger partial charge in [0.2, 0.25) is 5.95 Å². The number of para-hydroxylation sites is 1. The Balaban J connectivity index is 1.99. The molecule has 1 atom stereocenters. The molecule has 0 fully saturated rings. The van der Waals surface area contributed by atoms with Crippen LogP contribution in [0.3, 0.4) is 0 Å². The summed E-state index contributed by atoms with van der Waals surface area (Å²) in [6.07, 6.45) is 0. The van der Waals surface area contributed by atoms with Crippen LogP contribution in [-0.4, -0.2) is 14.8 Å². The molecule has 0 amide bonds. The molecule has 20 heavy (non-hydrogen) atoms. The van der Waals surface area contributed by atoms with E-state index in [1.54, 1.807) is 0 Å². The topological polar surface area (TPSA) is 42.7 Å².